The Morgan fingerprint density at radius 2 is 2.15 bits per heavy atom. The van der Waals surface area contributed by atoms with Crippen molar-refractivity contribution in [3.05, 3.63) is 29.3 Å². The third kappa shape index (κ3) is 4.62. The predicted octanol–water partition coefficient (Wildman–Crippen LogP) is 0.618. The molecule has 1 rings (SSSR count). The van der Waals surface area contributed by atoms with E-state index in [0.717, 1.165) is 11.1 Å². The summed E-state index contributed by atoms with van der Waals surface area (Å²) in [4.78, 5) is 0.219. The first-order valence-electron chi connectivity index (χ1n) is 6.22. The van der Waals surface area contributed by atoms with E-state index in [0.29, 0.717) is 0 Å². The van der Waals surface area contributed by atoms with Crippen LogP contribution in [0.3, 0.4) is 0 Å². The predicted molar refractivity (Wildman–Crippen MR) is 78.8 cm³/mol. The summed E-state index contributed by atoms with van der Waals surface area (Å²) in [5.74, 6) is 5.65. The molecule has 0 aliphatic rings. The summed E-state index contributed by atoms with van der Waals surface area (Å²) in [5, 5.41) is 0. The number of ether oxygens (including phenoxy) is 1. The Bertz CT molecular complexity index is 615. The van der Waals surface area contributed by atoms with Crippen molar-refractivity contribution in [3.8, 4) is 11.8 Å². The van der Waals surface area contributed by atoms with Gasteiger partial charge < -0.3 is 10.5 Å². The molecule has 0 heterocycles. The van der Waals surface area contributed by atoms with Crippen molar-refractivity contribution in [2.45, 2.75) is 24.8 Å². The van der Waals surface area contributed by atoms with Crippen LogP contribution in [0, 0.1) is 18.8 Å². The van der Waals surface area contributed by atoms with E-state index in [1.807, 2.05) is 6.92 Å². The minimum Gasteiger partial charge on any atom is -0.380 e. The van der Waals surface area contributed by atoms with Gasteiger partial charge in [-0.15, -0.1) is 0 Å². The van der Waals surface area contributed by atoms with Crippen molar-refractivity contribution >= 4 is 10.0 Å². The Hall–Kier alpha value is -1.39. The van der Waals surface area contributed by atoms with Gasteiger partial charge in [-0.25, -0.2) is 13.1 Å². The zero-order valence-electron chi connectivity index (χ0n) is 11.9. The third-order valence-electron chi connectivity index (χ3n) is 2.80. The van der Waals surface area contributed by atoms with Crippen LogP contribution in [0.1, 0.15) is 18.1 Å². The topological polar surface area (TPSA) is 81.4 Å². The number of methoxy groups -OCH3 is 1. The molecule has 3 N–H and O–H groups in total. The van der Waals surface area contributed by atoms with Crippen LogP contribution in [-0.2, 0) is 14.8 Å². The Balaban J connectivity index is 2.94. The monoisotopic (exact) mass is 296 g/mol. The summed E-state index contributed by atoms with van der Waals surface area (Å²) < 4.78 is 31.7. The second-order valence-electron chi connectivity index (χ2n) is 4.38. The van der Waals surface area contributed by atoms with E-state index in [-0.39, 0.29) is 24.1 Å². The molecule has 0 fully saturated rings. The van der Waals surface area contributed by atoms with Gasteiger partial charge in [0.25, 0.3) is 0 Å². The smallest absolute Gasteiger partial charge is 0.240 e. The van der Waals surface area contributed by atoms with Crippen molar-refractivity contribution in [1.29, 1.82) is 0 Å². The molecule has 20 heavy (non-hydrogen) atoms. The van der Waals surface area contributed by atoms with Crippen LogP contribution < -0.4 is 10.5 Å². The second-order valence-corrected chi connectivity index (χ2v) is 6.15. The maximum absolute atomic E-state index is 12.1. The summed E-state index contributed by atoms with van der Waals surface area (Å²) >= 11 is 0. The summed E-state index contributed by atoms with van der Waals surface area (Å²) in [6.07, 6.45) is -0.180. The van der Waals surface area contributed by atoms with Gasteiger partial charge >= 0.3 is 0 Å². The van der Waals surface area contributed by atoms with E-state index in [2.05, 4.69) is 16.6 Å². The van der Waals surface area contributed by atoms with Gasteiger partial charge in [-0.1, -0.05) is 11.8 Å². The highest BCUT2D eigenvalue weighted by atomic mass is 32.2. The average molecular weight is 296 g/mol. The Morgan fingerprint density at radius 3 is 2.70 bits per heavy atom. The number of sulfonamides is 1. The van der Waals surface area contributed by atoms with Gasteiger partial charge in [-0.3, -0.25) is 0 Å². The maximum Gasteiger partial charge on any atom is 0.240 e. The fourth-order valence-corrected chi connectivity index (χ4v) is 2.68. The highest BCUT2D eigenvalue weighted by molar-refractivity contribution is 7.89. The maximum atomic E-state index is 12.1. The fourth-order valence-electron chi connectivity index (χ4n) is 1.48. The van der Waals surface area contributed by atoms with Gasteiger partial charge in [-0.05, 0) is 37.6 Å². The van der Waals surface area contributed by atoms with Gasteiger partial charge in [0.15, 0.2) is 0 Å². The van der Waals surface area contributed by atoms with Crippen LogP contribution in [0.4, 0.5) is 0 Å². The molecular formula is C14H20N2O3S. The largest absolute Gasteiger partial charge is 0.380 e. The van der Waals surface area contributed by atoms with Crippen LogP contribution >= 0.6 is 0 Å². The molecule has 0 bridgehead atoms. The first-order chi connectivity index (χ1) is 9.40. The van der Waals surface area contributed by atoms with Gasteiger partial charge in [0.1, 0.15) is 0 Å². The molecule has 0 aliphatic carbocycles. The van der Waals surface area contributed by atoms with Crippen molar-refractivity contribution in [3.63, 3.8) is 0 Å². The molecule has 0 aliphatic heterocycles. The summed E-state index contributed by atoms with van der Waals surface area (Å²) in [5.41, 5.74) is 6.89. The molecular weight excluding hydrogens is 276 g/mol. The highest BCUT2D eigenvalue weighted by Gasteiger charge is 2.15. The van der Waals surface area contributed by atoms with Crippen LogP contribution in [0.25, 0.3) is 0 Å². The van der Waals surface area contributed by atoms with Crippen LogP contribution in [0.2, 0.25) is 0 Å². The van der Waals surface area contributed by atoms with Crippen molar-refractivity contribution in [1.82, 2.24) is 4.72 Å². The molecule has 0 amide bonds. The van der Waals surface area contributed by atoms with E-state index in [4.69, 9.17) is 10.5 Å². The van der Waals surface area contributed by atoms with Crippen LogP contribution in [0.15, 0.2) is 23.1 Å². The second kappa shape index (κ2) is 7.41. The average Bonchev–Trinajstić information content (AvgIpc) is 2.43. The lowest BCUT2D eigenvalue weighted by Gasteiger charge is -2.12. The minimum absolute atomic E-state index is 0.180. The molecule has 6 heteroatoms. The number of hydrogen-bond acceptors (Lipinski definition) is 4. The van der Waals surface area contributed by atoms with Gasteiger partial charge in [-0.2, -0.15) is 0 Å². The van der Waals surface area contributed by atoms with Crippen molar-refractivity contribution in [2.24, 2.45) is 5.73 Å². The fraction of sp³-hybridized carbons (Fsp3) is 0.429. The zero-order chi connectivity index (χ0) is 15.2. The molecule has 0 aromatic heterocycles. The Labute approximate surface area is 120 Å². The van der Waals surface area contributed by atoms with E-state index >= 15 is 0 Å². The summed E-state index contributed by atoms with van der Waals surface area (Å²) in [7, 11) is -1.99. The molecule has 1 atom stereocenters. The molecule has 0 saturated heterocycles. The molecule has 1 aromatic carbocycles. The molecule has 0 spiro atoms. The molecule has 0 radical (unpaired) electrons. The third-order valence-corrected chi connectivity index (χ3v) is 4.22. The van der Waals surface area contributed by atoms with Gasteiger partial charge in [0.05, 0.1) is 17.5 Å². The molecule has 110 valence electrons. The number of nitrogens with one attached hydrogen (secondary N) is 1. The van der Waals surface area contributed by atoms with Crippen molar-refractivity contribution in [2.75, 3.05) is 20.2 Å². The minimum atomic E-state index is -3.53. The van der Waals surface area contributed by atoms with Gasteiger partial charge in [0.2, 0.25) is 10.0 Å². The van der Waals surface area contributed by atoms with E-state index in [9.17, 15) is 8.42 Å². The molecule has 1 unspecified atom stereocenters. The first-order valence-corrected chi connectivity index (χ1v) is 7.71. The summed E-state index contributed by atoms with van der Waals surface area (Å²) in [6.45, 7) is 4.11. The molecule has 1 aromatic rings. The normalized spacial score (nSPS) is 12.6. The van der Waals surface area contributed by atoms with E-state index < -0.39 is 10.0 Å². The number of nitrogens with two attached hydrogens (primary N) is 1. The lowest BCUT2D eigenvalue weighted by atomic mass is 10.1. The Morgan fingerprint density at radius 1 is 1.45 bits per heavy atom. The number of benzene rings is 1. The molecule has 0 saturated carbocycles. The van der Waals surface area contributed by atoms with E-state index in [1.165, 1.54) is 13.2 Å². The van der Waals surface area contributed by atoms with E-state index in [1.54, 1.807) is 19.1 Å². The quantitative estimate of drug-likeness (QED) is 0.780. The number of rotatable bonds is 5. The first kappa shape index (κ1) is 16.7. The lowest BCUT2D eigenvalue weighted by Crippen LogP contribution is -2.31. The van der Waals surface area contributed by atoms with Gasteiger partial charge in [0, 0.05) is 19.2 Å². The SMILES string of the molecule is COC(C)CNS(=O)(=O)c1ccc(C#CCN)c(C)c1. The zero-order valence-corrected chi connectivity index (χ0v) is 12.8. The highest BCUT2D eigenvalue weighted by Crippen LogP contribution is 2.14. The Kier molecular flexibility index (Phi) is 6.17. The molecule has 5 nitrogen and oxygen atoms in total. The lowest BCUT2D eigenvalue weighted by molar-refractivity contribution is 0.122. The summed E-state index contributed by atoms with van der Waals surface area (Å²) in [6, 6.07) is 4.82. The standard InChI is InChI=1S/C14H20N2O3S/c1-11-9-14(7-6-13(11)5-4-8-15)20(17,18)16-10-12(2)19-3/h6-7,9,12,16H,8,10,15H2,1-3H3. The van der Waals surface area contributed by atoms with Crippen LogP contribution in [-0.4, -0.2) is 34.7 Å². The van der Waals surface area contributed by atoms with Crippen LogP contribution in [0.5, 0.6) is 0 Å². The number of aryl methyl sites for hydroxylation is 1. The number of hydrogen-bond donors (Lipinski definition) is 2. The van der Waals surface area contributed by atoms with Crippen molar-refractivity contribution < 1.29 is 13.2 Å².